The minimum absolute atomic E-state index is 0.233. The lowest BCUT2D eigenvalue weighted by Crippen LogP contribution is -2.32. The van der Waals surface area contributed by atoms with Gasteiger partial charge in [-0.15, -0.1) is 0 Å². The quantitative estimate of drug-likeness (QED) is 0.797. The Morgan fingerprint density at radius 1 is 1.05 bits per heavy atom. The number of benzene rings is 2. The Morgan fingerprint density at radius 3 is 2.33 bits per heavy atom. The molecule has 110 valence electrons. The van der Waals surface area contributed by atoms with Crippen molar-refractivity contribution in [1.82, 2.24) is 5.32 Å². The smallest absolute Gasteiger partial charge is 0.171 e. The largest absolute Gasteiger partial charge is 0.356 e. The molecule has 0 aliphatic heterocycles. The molecule has 0 aliphatic carbocycles. The van der Waals surface area contributed by atoms with Crippen LogP contribution in [-0.4, -0.2) is 5.11 Å². The summed E-state index contributed by atoms with van der Waals surface area (Å²) in [7, 11) is 0. The molecule has 2 aromatic rings. The van der Waals surface area contributed by atoms with Crippen molar-refractivity contribution in [2.75, 3.05) is 5.32 Å². The van der Waals surface area contributed by atoms with Crippen LogP contribution >= 0.6 is 12.2 Å². The van der Waals surface area contributed by atoms with Gasteiger partial charge in [0.2, 0.25) is 0 Å². The van der Waals surface area contributed by atoms with Crippen molar-refractivity contribution in [2.45, 2.75) is 33.2 Å². The predicted molar refractivity (Wildman–Crippen MR) is 94.7 cm³/mol. The maximum absolute atomic E-state index is 5.43. The molecule has 0 aliphatic rings. The van der Waals surface area contributed by atoms with E-state index in [0.717, 1.165) is 12.1 Å². The molecule has 2 aromatic carbocycles. The van der Waals surface area contributed by atoms with Crippen molar-refractivity contribution in [2.24, 2.45) is 0 Å². The normalized spacial score (nSPS) is 11.8. The summed E-state index contributed by atoms with van der Waals surface area (Å²) in [5.41, 5.74) is 4.84. The summed E-state index contributed by atoms with van der Waals surface area (Å²) in [6.45, 7) is 6.38. The molecule has 0 heterocycles. The van der Waals surface area contributed by atoms with Gasteiger partial charge in [-0.05, 0) is 55.7 Å². The molecule has 0 aromatic heterocycles. The van der Waals surface area contributed by atoms with E-state index in [1.807, 2.05) is 12.1 Å². The standard InChI is InChI=1S/C18H22N2S/c1-4-17(16-8-6-5-7-14(16)3)20-18(21)19-15-11-9-13(2)10-12-15/h5-12,17H,4H2,1-3H3,(H2,19,20,21). The monoisotopic (exact) mass is 298 g/mol. The Hall–Kier alpha value is -1.87. The van der Waals surface area contributed by atoms with Crippen LogP contribution in [-0.2, 0) is 0 Å². The second kappa shape index (κ2) is 7.23. The van der Waals surface area contributed by atoms with E-state index in [0.29, 0.717) is 5.11 Å². The molecule has 2 N–H and O–H groups in total. The Kier molecular flexibility index (Phi) is 5.34. The predicted octanol–water partition coefficient (Wildman–Crippen LogP) is 4.74. The molecule has 21 heavy (non-hydrogen) atoms. The van der Waals surface area contributed by atoms with E-state index in [1.54, 1.807) is 0 Å². The fraction of sp³-hybridized carbons (Fsp3) is 0.278. The Bertz CT molecular complexity index is 605. The van der Waals surface area contributed by atoms with Gasteiger partial charge in [0.05, 0.1) is 6.04 Å². The highest BCUT2D eigenvalue weighted by Crippen LogP contribution is 2.20. The van der Waals surface area contributed by atoms with E-state index in [-0.39, 0.29) is 6.04 Å². The lowest BCUT2D eigenvalue weighted by Gasteiger charge is -2.21. The summed E-state index contributed by atoms with van der Waals surface area (Å²) < 4.78 is 0. The van der Waals surface area contributed by atoms with E-state index >= 15 is 0 Å². The van der Waals surface area contributed by atoms with E-state index in [9.17, 15) is 0 Å². The van der Waals surface area contributed by atoms with Gasteiger partial charge in [-0.25, -0.2) is 0 Å². The van der Waals surface area contributed by atoms with Crippen LogP contribution in [0, 0.1) is 13.8 Å². The number of anilines is 1. The minimum Gasteiger partial charge on any atom is -0.356 e. The molecule has 2 nitrogen and oxygen atoms in total. The SMILES string of the molecule is CCC(NC(=S)Nc1ccc(C)cc1)c1ccccc1C. The molecule has 3 heteroatoms. The number of nitrogens with one attached hydrogen (secondary N) is 2. The molecule has 1 atom stereocenters. The van der Waals surface area contributed by atoms with E-state index in [1.165, 1.54) is 16.7 Å². The van der Waals surface area contributed by atoms with Gasteiger partial charge in [0.15, 0.2) is 5.11 Å². The third kappa shape index (κ3) is 4.30. The molecule has 0 amide bonds. The van der Waals surface area contributed by atoms with Crippen LogP contribution in [0.5, 0.6) is 0 Å². The van der Waals surface area contributed by atoms with Crippen LogP contribution in [0.4, 0.5) is 5.69 Å². The van der Waals surface area contributed by atoms with Crippen LogP contribution in [0.25, 0.3) is 0 Å². The maximum Gasteiger partial charge on any atom is 0.171 e. The van der Waals surface area contributed by atoms with Gasteiger partial charge in [-0.2, -0.15) is 0 Å². The second-order valence-corrected chi connectivity index (χ2v) is 5.69. The number of hydrogen-bond acceptors (Lipinski definition) is 1. The number of rotatable bonds is 4. The van der Waals surface area contributed by atoms with Crippen molar-refractivity contribution in [1.29, 1.82) is 0 Å². The van der Waals surface area contributed by atoms with Gasteiger partial charge in [-0.3, -0.25) is 0 Å². The van der Waals surface area contributed by atoms with Crippen molar-refractivity contribution in [3.8, 4) is 0 Å². The van der Waals surface area contributed by atoms with E-state index in [2.05, 4.69) is 67.8 Å². The van der Waals surface area contributed by atoms with Crippen LogP contribution in [0.1, 0.15) is 36.1 Å². The zero-order chi connectivity index (χ0) is 15.2. The molecule has 0 bridgehead atoms. The zero-order valence-corrected chi connectivity index (χ0v) is 13.6. The van der Waals surface area contributed by atoms with Crippen molar-refractivity contribution in [3.63, 3.8) is 0 Å². The molecule has 0 saturated heterocycles. The van der Waals surface area contributed by atoms with E-state index < -0.39 is 0 Å². The summed E-state index contributed by atoms with van der Waals surface area (Å²) in [5, 5.41) is 7.31. The van der Waals surface area contributed by atoms with E-state index in [4.69, 9.17) is 12.2 Å². The Labute approximate surface area is 132 Å². The van der Waals surface area contributed by atoms with Gasteiger partial charge < -0.3 is 10.6 Å². The fourth-order valence-electron chi connectivity index (χ4n) is 2.34. The zero-order valence-electron chi connectivity index (χ0n) is 12.8. The summed E-state index contributed by atoms with van der Waals surface area (Å²) in [4.78, 5) is 0. The maximum atomic E-state index is 5.43. The molecule has 2 rings (SSSR count). The first-order valence-corrected chi connectivity index (χ1v) is 7.70. The Morgan fingerprint density at radius 2 is 1.71 bits per heavy atom. The van der Waals surface area contributed by atoms with Crippen molar-refractivity contribution in [3.05, 3.63) is 65.2 Å². The second-order valence-electron chi connectivity index (χ2n) is 5.28. The third-order valence-corrected chi connectivity index (χ3v) is 3.81. The molecular formula is C18H22N2S. The highest BCUT2D eigenvalue weighted by Gasteiger charge is 2.12. The number of thiocarbonyl (C=S) groups is 1. The van der Waals surface area contributed by atoms with Crippen molar-refractivity contribution >= 4 is 23.0 Å². The lowest BCUT2D eigenvalue weighted by molar-refractivity contribution is 0.625. The molecule has 1 unspecified atom stereocenters. The summed E-state index contributed by atoms with van der Waals surface area (Å²) in [5.74, 6) is 0. The van der Waals surface area contributed by atoms with Crippen LogP contribution in [0.15, 0.2) is 48.5 Å². The van der Waals surface area contributed by atoms with Gasteiger partial charge in [-0.1, -0.05) is 48.9 Å². The first-order valence-electron chi connectivity index (χ1n) is 7.30. The van der Waals surface area contributed by atoms with Crippen LogP contribution in [0.3, 0.4) is 0 Å². The average Bonchev–Trinajstić information content (AvgIpc) is 2.48. The lowest BCUT2D eigenvalue weighted by atomic mass is 10.00. The van der Waals surface area contributed by atoms with Gasteiger partial charge >= 0.3 is 0 Å². The Balaban J connectivity index is 2.03. The summed E-state index contributed by atoms with van der Waals surface area (Å²) in [6.07, 6.45) is 0.987. The van der Waals surface area contributed by atoms with Crippen LogP contribution in [0.2, 0.25) is 0 Å². The summed E-state index contributed by atoms with van der Waals surface area (Å²) in [6, 6.07) is 16.9. The highest BCUT2D eigenvalue weighted by atomic mass is 32.1. The minimum atomic E-state index is 0.233. The summed E-state index contributed by atoms with van der Waals surface area (Å²) >= 11 is 5.43. The third-order valence-electron chi connectivity index (χ3n) is 3.59. The van der Waals surface area contributed by atoms with Gasteiger partial charge in [0.25, 0.3) is 0 Å². The van der Waals surface area contributed by atoms with Crippen molar-refractivity contribution < 1.29 is 0 Å². The first kappa shape index (κ1) is 15.5. The molecular weight excluding hydrogens is 276 g/mol. The fourth-order valence-corrected chi connectivity index (χ4v) is 2.60. The molecule has 0 radical (unpaired) electrons. The van der Waals surface area contributed by atoms with Gasteiger partial charge in [0.1, 0.15) is 0 Å². The van der Waals surface area contributed by atoms with Crippen LogP contribution < -0.4 is 10.6 Å². The first-order chi connectivity index (χ1) is 10.1. The van der Waals surface area contributed by atoms with Gasteiger partial charge in [0, 0.05) is 5.69 Å². The number of aryl methyl sites for hydroxylation is 2. The highest BCUT2D eigenvalue weighted by molar-refractivity contribution is 7.80. The topological polar surface area (TPSA) is 24.1 Å². The number of hydrogen-bond donors (Lipinski definition) is 2. The molecule has 0 saturated carbocycles. The average molecular weight is 298 g/mol. The molecule has 0 fully saturated rings. The molecule has 0 spiro atoms.